The van der Waals surface area contributed by atoms with E-state index in [2.05, 4.69) is 34.3 Å². The second-order valence-electron chi connectivity index (χ2n) is 5.62. The molecule has 0 saturated heterocycles. The van der Waals surface area contributed by atoms with Gasteiger partial charge >= 0.3 is 0 Å². The predicted octanol–water partition coefficient (Wildman–Crippen LogP) is 3.34. The highest BCUT2D eigenvalue weighted by Crippen LogP contribution is 2.19. The molecule has 1 aromatic carbocycles. The molecule has 21 heavy (non-hydrogen) atoms. The summed E-state index contributed by atoms with van der Waals surface area (Å²) in [4.78, 5) is 19.3. The zero-order chi connectivity index (χ0) is 14.7. The number of aromatic nitrogens is 2. The van der Waals surface area contributed by atoms with E-state index in [1.165, 1.54) is 18.4 Å². The summed E-state index contributed by atoms with van der Waals surface area (Å²) in [5.41, 5.74) is 4.10. The van der Waals surface area contributed by atoms with Crippen molar-refractivity contribution in [1.29, 1.82) is 0 Å². The van der Waals surface area contributed by atoms with E-state index in [1.54, 1.807) is 0 Å². The Labute approximate surface area is 124 Å². The van der Waals surface area contributed by atoms with E-state index in [4.69, 9.17) is 0 Å². The Morgan fingerprint density at radius 1 is 1.24 bits per heavy atom. The van der Waals surface area contributed by atoms with E-state index in [1.807, 2.05) is 12.1 Å². The smallest absolute Gasteiger partial charge is 0.255 e. The van der Waals surface area contributed by atoms with Gasteiger partial charge in [0.1, 0.15) is 0 Å². The minimum Gasteiger partial charge on any atom is -0.326 e. The van der Waals surface area contributed by atoms with Crippen LogP contribution in [-0.4, -0.2) is 9.97 Å². The lowest BCUT2D eigenvalue weighted by Gasteiger charge is -2.08. The lowest BCUT2D eigenvalue weighted by atomic mass is 10.1. The van der Waals surface area contributed by atoms with E-state index in [9.17, 15) is 4.79 Å². The molecule has 2 N–H and O–H groups in total. The third-order valence-electron chi connectivity index (χ3n) is 3.98. The number of aryl methyl sites for hydroxylation is 2. The molecule has 0 amide bonds. The fraction of sp³-hybridized carbons (Fsp3) is 0.412. The number of benzene rings is 1. The SMILES string of the molecule is CCCCc1ccc(Nc2nc3c(c(=O)[nH]2)CCC3)cc1. The summed E-state index contributed by atoms with van der Waals surface area (Å²) in [5.74, 6) is 0.543. The fourth-order valence-corrected chi connectivity index (χ4v) is 2.77. The highest BCUT2D eigenvalue weighted by molar-refractivity contribution is 5.54. The van der Waals surface area contributed by atoms with Crippen LogP contribution in [0.3, 0.4) is 0 Å². The molecule has 0 unspecified atom stereocenters. The summed E-state index contributed by atoms with van der Waals surface area (Å²) in [6.45, 7) is 2.20. The minimum atomic E-state index is -0.000402. The molecule has 0 spiro atoms. The summed E-state index contributed by atoms with van der Waals surface area (Å²) in [6, 6.07) is 8.34. The third-order valence-corrected chi connectivity index (χ3v) is 3.98. The van der Waals surface area contributed by atoms with Gasteiger partial charge in [0, 0.05) is 11.3 Å². The Bertz CT molecular complexity index is 673. The van der Waals surface area contributed by atoms with Crippen molar-refractivity contribution in [2.45, 2.75) is 45.4 Å². The van der Waals surface area contributed by atoms with Gasteiger partial charge in [-0.2, -0.15) is 0 Å². The van der Waals surface area contributed by atoms with Crippen molar-refractivity contribution in [2.75, 3.05) is 5.32 Å². The topological polar surface area (TPSA) is 57.8 Å². The molecule has 0 bridgehead atoms. The van der Waals surface area contributed by atoms with Crippen LogP contribution in [0.2, 0.25) is 0 Å². The molecule has 1 aliphatic rings. The standard InChI is InChI=1S/C17H21N3O/c1-2-3-5-12-8-10-13(11-9-12)18-17-19-15-7-4-6-14(15)16(21)20-17/h8-11H,2-7H2,1H3,(H2,18,19,20,21). The predicted molar refractivity (Wildman–Crippen MR) is 85.2 cm³/mol. The van der Waals surface area contributed by atoms with Crippen molar-refractivity contribution in [2.24, 2.45) is 0 Å². The number of aromatic amines is 1. The molecule has 0 saturated carbocycles. The van der Waals surface area contributed by atoms with Crippen molar-refractivity contribution in [3.63, 3.8) is 0 Å². The number of hydrogen-bond donors (Lipinski definition) is 2. The van der Waals surface area contributed by atoms with Crippen molar-refractivity contribution < 1.29 is 0 Å². The van der Waals surface area contributed by atoms with Crippen molar-refractivity contribution >= 4 is 11.6 Å². The number of fused-ring (bicyclic) bond motifs is 1. The lowest BCUT2D eigenvalue weighted by molar-refractivity contribution is 0.795. The monoisotopic (exact) mass is 283 g/mol. The summed E-state index contributed by atoms with van der Waals surface area (Å²) >= 11 is 0. The van der Waals surface area contributed by atoms with Crippen LogP contribution in [0.15, 0.2) is 29.1 Å². The molecular formula is C17H21N3O. The van der Waals surface area contributed by atoms with Gasteiger partial charge in [-0.3, -0.25) is 9.78 Å². The van der Waals surface area contributed by atoms with Crippen LogP contribution < -0.4 is 10.9 Å². The first-order valence-electron chi connectivity index (χ1n) is 7.74. The fourth-order valence-electron chi connectivity index (χ4n) is 2.77. The largest absolute Gasteiger partial charge is 0.326 e. The van der Waals surface area contributed by atoms with E-state index in [0.29, 0.717) is 5.95 Å². The lowest BCUT2D eigenvalue weighted by Crippen LogP contribution is -2.16. The Kier molecular flexibility index (Phi) is 4.04. The Hall–Kier alpha value is -2.10. The van der Waals surface area contributed by atoms with Crippen LogP contribution in [-0.2, 0) is 19.3 Å². The third kappa shape index (κ3) is 3.15. The second kappa shape index (κ2) is 6.12. The Balaban J connectivity index is 1.75. The number of H-pyrrole nitrogens is 1. The van der Waals surface area contributed by atoms with Crippen LogP contribution in [0, 0.1) is 0 Å². The molecule has 0 radical (unpaired) electrons. The Morgan fingerprint density at radius 3 is 2.81 bits per heavy atom. The van der Waals surface area contributed by atoms with E-state index < -0.39 is 0 Å². The molecule has 4 heteroatoms. The summed E-state index contributed by atoms with van der Waals surface area (Å²) in [6.07, 6.45) is 6.33. The minimum absolute atomic E-state index is 0.000402. The van der Waals surface area contributed by atoms with Crippen LogP contribution in [0.4, 0.5) is 11.6 Å². The Morgan fingerprint density at radius 2 is 2.05 bits per heavy atom. The molecule has 110 valence electrons. The molecule has 1 aliphatic carbocycles. The van der Waals surface area contributed by atoms with Gasteiger partial charge in [0.15, 0.2) is 0 Å². The molecule has 2 aromatic rings. The van der Waals surface area contributed by atoms with E-state index >= 15 is 0 Å². The first kappa shape index (κ1) is 13.9. The van der Waals surface area contributed by atoms with Gasteiger partial charge in [-0.05, 0) is 49.8 Å². The first-order chi connectivity index (χ1) is 10.3. The van der Waals surface area contributed by atoms with Gasteiger partial charge in [-0.25, -0.2) is 4.98 Å². The van der Waals surface area contributed by atoms with Gasteiger partial charge in [0.05, 0.1) is 5.69 Å². The molecule has 1 aromatic heterocycles. The molecule has 3 rings (SSSR count). The van der Waals surface area contributed by atoms with Crippen molar-refractivity contribution in [1.82, 2.24) is 9.97 Å². The molecule has 0 aliphatic heterocycles. The van der Waals surface area contributed by atoms with Gasteiger partial charge in [0.2, 0.25) is 5.95 Å². The molecule has 0 atom stereocenters. The van der Waals surface area contributed by atoms with Crippen LogP contribution in [0.5, 0.6) is 0 Å². The average molecular weight is 283 g/mol. The van der Waals surface area contributed by atoms with Gasteiger partial charge in [-0.1, -0.05) is 25.5 Å². The molecule has 1 heterocycles. The number of rotatable bonds is 5. The zero-order valence-corrected chi connectivity index (χ0v) is 12.4. The molecule has 4 nitrogen and oxygen atoms in total. The van der Waals surface area contributed by atoms with Crippen molar-refractivity contribution in [3.8, 4) is 0 Å². The summed E-state index contributed by atoms with van der Waals surface area (Å²) < 4.78 is 0. The maximum absolute atomic E-state index is 12.0. The van der Waals surface area contributed by atoms with E-state index in [-0.39, 0.29) is 5.56 Å². The number of anilines is 2. The normalized spacial score (nSPS) is 13.2. The number of nitrogens with one attached hydrogen (secondary N) is 2. The van der Waals surface area contributed by atoms with E-state index in [0.717, 1.165) is 42.6 Å². The first-order valence-corrected chi connectivity index (χ1v) is 7.74. The van der Waals surface area contributed by atoms with Crippen LogP contribution >= 0.6 is 0 Å². The highest BCUT2D eigenvalue weighted by Gasteiger charge is 2.16. The maximum Gasteiger partial charge on any atom is 0.255 e. The van der Waals surface area contributed by atoms with Crippen LogP contribution in [0.25, 0.3) is 0 Å². The number of unbranched alkanes of at least 4 members (excludes halogenated alkanes) is 1. The average Bonchev–Trinajstić information content (AvgIpc) is 2.95. The summed E-state index contributed by atoms with van der Waals surface area (Å²) in [5, 5.41) is 3.19. The summed E-state index contributed by atoms with van der Waals surface area (Å²) in [7, 11) is 0. The second-order valence-corrected chi connectivity index (χ2v) is 5.62. The maximum atomic E-state index is 12.0. The van der Waals surface area contributed by atoms with Crippen molar-refractivity contribution in [3.05, 3.63) is 51.4 Å². The van der Waals surface area contributed by atoms with Gasteiger partial charge < -0.3 is 5.32 Å². The van der Waals surface area contributed by atoms with Gasteiger partial charge in [0.25, 0.3) is 5.56 Å². The zero-order valence-electron chi connectivity index (χ0n) is 12.4. The quantitative estimate of drug-likeness (QED) is 0.884. The number of nitrogens with zero attached hydrogens (tertiary/aromatic N) is 1. The highest BCUT2D eigenvalue weighted by atomic mass is 16.1. The van der Waals surface area contributed by atoms with Crippen LogP contribution in [0.1, 0.15) is 43.0 Å². The molecular weight excluding hydrogens is 262 g/mol. The number of hydrogen-bond acceptors (Lipinski definition) is 3. The van der Waals surface area contributed by atoms with Gasteiger partial charge in [-0.15, -0.1) is 0 Å². The molecule has 0 fully saturated rings.